The van der Waals surface area contributed by atoms with E-state index in [1.807, 2.05) is 13.8 Å². The van der Waals surface area contributed by atoms with Crippen LogP contribution in [0.15, 0.2) is 21.5 Å². The molecule has 0 aliphatic heterocycles. The van der Waals surface area contributed by atoms with Crippen molar-refractivity contribution in [2.75, 3.05) is 13.2 Å². The van der Waals surface area contributed by atoms with Crippen LogP contribution >= 0.6 is 26.6 Å². The lowest BCUT2D eigenvalue weighted by Crippen LogP contribution is -2.28. The van der Waals surface area contributed by atoms with Gasteiger partial charge in [-0.15, -0.1) is 0 Å². The van der Waals surface area contributed by atoms with Gasteiger partial charge in [0.2, 0.25) is 0 Å². The number of hydrogen-bond donors (Lipinski definition) is 1. The van der Waals surface area contributed by atoms with E-state index in [-0.39, 0.29) is 29.3 Å². The van der Waals surface area contributed by atoms with Crippen LogP contribution in [0.25, 0.3) is 0 Å². The summed E-state index contributed by atoms with van der Waals surface area (Å²) >= 11 is 2.96. The van der Waals surface area contributed by atoms with Crippen LogP contribution in [0.5, 0.6) is 0 Å². The average Bonchev–Trinajstić information content (AvgIpc) is 2.35. The van der Waals surface area contributed by atoms with Crippen LogP contribution < -0.4 is 5.32 Å². The topological polar surface area (TPSA) is 72.5 Å². The molecule has 0 heterocycles. The summed E-state index contributed by atoms with van der Waals surface area (Å²) in [6.07, 6.45) is 0.0239. The van der Waals surface area contributed by atoms with Gasteiger partial charge in [-0.3, -0.25) is 4.79 Å². The standard InChI is InChI=1S/C12H14BrClFNO4S/c1-7(2)20-4-3-16-12(17)9-5-8(15)6-10(11(9)13)21(14,18)19/h5-7H,3-4H2,1-2H3,(H,16,17). The van der Waals surface area contributed by atoms with Gasteiger partial charge in [0.15, 0.2) is 0 Å². The molecule has 1 aromatic carbocycles. The zero-order valence-electron chi connectivity index (χ0n) is 11.3. The number of amides is 1. The predicted molar refractivity (Wildman–Crippen MR) is 80.6 cm³/mol. The highest BCUT2D eigenvalue weighted by Gasteiger charge is 2.22. The number of nitrogens with one attached hydrogen (secondary N) is 1. The normalized spacial score (nSPS) is 11.7. The van der Waals surface area contributed by atoms with Gasteiger partial charge in [-0.25, -0.2) is 12.8 Å². The molecule has 0 unspecified atom stereocenters. The molecule has 21 heavy (non-hydrogen) atoms. The molecule has 0 aliphatic rings. The fourth-order valence-corrected chi connectivity index (χ4v) is 3.73. The van der Waals surface area contributed by atoms with Gasteiger partial charge in [-0.05, 0) is 41.9 Å². The van der Waals surface area contributed by atoms with Gasteiger partial charge in [0.05, 0.1) is 22.7 Å². The van der Waals surface area contributed by atoms with Gasteiger partial charge in [-0.2, -0.15) is 0 Å². The third-order valence-corrected chi connectivity index (χ3v) is 4.81. The van der Waals surface area contributed by atoms with Gasteiger partial charge in [-0.1, -0.05) is 0 Å². The van der Waals surface area contributed by atoms with Crippen LogP contribution in [0.3, 0.4) is 0 Å². The highest BCUT2D eigenvalue weighted by Crippen LogP contribution is 2.29. The zero-order chi connectivity index (χ0) is 16.2. The maximum absolute atomic E-state index is 13.4. The minimum Gasteiger partial charge on any atom is -0.377 e. The van der Waals surface area contributed by atoms with Crippen LogP contribution in [0.2, 0.25) is 0 Å². The molecular formula is C12H14BrClFNO4S. The van der Waals surface area contributed by atoms with Crippen molar-refractivity contribution < 1.29 is 22.3 Å². The van der Waals surface area contributed by atoms with E-state index in [9.17, 15) is 17.6 Å². The van der Waals surface area contributed by atoms with Crippen LogP contribution in [0, 0.1) is 5.82 Å². The molecule has 0 saturated carbocycles. The summed E-state index contributed by atoms with van der Waals surface area (Å²) < 4.78 is 41.3. The van der Waals surface area contributed by atoms with Crippen molar-refractivity contribution in [1.82, 2.24) is 5.32 Å². The highest BCUT2D eigenvalue weighted by atomic mass is 79.9. The van der Waals surface area contributed by atoms with Crippen LogP contribution in [-0.2, 0) is 13.8 Å². The second-order valence-electron chi connectivity index (χ2n) is 4.38. The molecule has 0 atom stereocenters. The minimum atomic E-state index is -4.17. The first-order valence-electron chi connectivity index (χ1n) is 5.96. The summed E-state index contributed by atoms with van der Waals surface area (Å²) in [6, 6.07) is 1.67. The molecule has 1 amide bonds. The van der Waals surface area contributed by atoms with Crippen LogP contribution in [-0.4, -0.2) is 33.6 Å². The number of halogens is 3. The van der Waals surface area contributed by atoms with E-state index in [1.54, 1.807) is 0 Å². The van der Waals surface area contributed by atoms with Crippen molar-refractivity contribution in [3.8, 4) is 0 Å². The Balaban J connectivity index is 2.93. The fraction of sp³-hybridized carbons (Fsp3) is 0.417. The molecule has 0 radical (unpaired) electrons. The first kappa shape index (κ1) is 18.3. The summed E-state index contributed by atoms with van der Waals surface area (Å²) in [5, 5.41) is 2.50. The van der Waals surface area contributed by atoms with Crippen molar-refractivity contribution in [2.45, 2.75) is 24.8 Å². The van der Waals surface area contributed by atoms with Gasteiger partial charge in [0, 0.05) is 17.2 Å². The van der Waals surface area contributed by atoms with Crippen LogP contribution in [0.1, 0.15) is 24.2 Å². The minimum absolute atomic E-state index is 0.0239. The molecule has 9 heteroatoms. The Hall–Kier alpha value is -0.700. The molecule has 1 aromatic rings. The smallest absolute Gasteiger partial charge is 0.262 e. The third kappa shape index (κ3) is 5.54. The number of ether oxygens (including phenoxy) is 1. The average molecular weight is 403 g/mol. The lowest BCUT2D eigenvalue weighted by atomic mass is 10.2. The van der Waals surface area contributed by atoms with E-state index in [2.05, 4.69) is 21.2 Å². The second-order valence-corrected chi connectivity index (χ2v) is 7.71. The van der Waals surface area contributed by atoms with Crippen molar-refractivity contribution in [3.05, 3.63) is 28.0 Å². The number of carbonyl (C=O) groups excluding carboxylic acids is 1. The van der Waals surface area contributed by atoms with Gasteiger partial charge >= 0.3 is 0 Å². The largest absolute Gasteiger partial charge is 0.377 e. The summed E-state index contributed by atoms with van der Waals surface area (Å²) in [6.45, 7) is 4.20. The van der Waals surface area contributed by atoms with E-state index in [1.165, 1.54) is 0 Å². The Labute approximate surface area is 135 Å². The van der Waals surface area contributed by atoms with E-state index in [0.717, 1.165) is 12.1 Å². The number of hydrogen-bond acceptors (Lipinski definition) is 4. The van der Waals surface area contributed by atoms with E-state index in [0.29, 0.717) is 0 Å². The molecule has 0 bridgehead atoms. The van der Waals surface area contributed by atoms with Crippen LogP contribution in [0.4, 0.5) is 4.39 Å². The highest BCUT2D eigenvalue weighted by molar-refractivity contribution is 9.10. The summed E-state index contributed by atoms with van der Waals surface area (Å²) in [7, 11) is 1.03. The lowest BCUT2D eigenvalue weighted by molar-refractivity contribution is 0.0746. The lowest BCUT2D eigenvalue weighted by Gasteiger charge is -2.11. The van der Waals surface area contributed by atoms with Crippen molar-refractivity contribution in [2.24, 2.45) is 0 Å². The Morgan fingerprint density at radius 1 is 1.48 bits per heavy atom. The number of carbonyl (C=O) groups is 1. The molecule has 1 rings (SSSR count). The predicted octanol–water partition coefficient (Wildman–Crippen LogP) is 2.67. The molecule has 0 aromatic heterocycles. The summed E-state index contributed by atoms with van der Waals surface area (Å²) in [4.78, 5) is 11.4. The fourth-order valence-electron chi connectivity index (χ4n) is 1.46. The van der Waals surface area contributed by atoms with E-state index >= 15 is 0 Å². The van der Waals surface area contributed by atoms with Gasteiger partial charge < -0.3 is 10.1 Å². The molecule has 0 fully saturated rings. The number of rotatable bonds is 6. The molecule has 1 N–H and O–H groups in total. The molecule has 0 saturated heterocycles. The van der Waals surface area contributed by atoms with Crippen molar-refractivity contribution in [3.63, 3.8) is 0 Å². The maximum Gasteiger partial charge on any atom is 0.262 e. The maximum atomic E-state index is 13.4. The molecule has 0 spiro atoms. The first-order chi connectivity index (χ1) is 9.62. The summed E-state index contributed by atoms with van der Waals surface area (Å²) in [5.74, 6) is -1.50. The zero-order valence-corrected chi connectivity index (χ0v) is 14.5. The quantitative estimate of drug-likeness (QED) is 0.586. The van der Waals surface area contributed by atoms with Crippen molar-refractivity contribution >= 4 is 41.6 Å². The van der Waals surface area contributed by atoms with E-state index < -0.39 is 25.7 Å². The Morgan fingerprint density at radius 2 is 2.10 bits per heavy atom. The first-order valence-corrected chi connectivity index (χ1v) is 9.06. The molecule has 0 aliphatic carbocycles. The summed E-state index contributed by atoms with van der Waals surface area (Å²) in [5.41, 5.74) is -0.154. The van der Waals surface area contributed by atoms with Crippen molar-refractivity contribution in [1.29, 1.82) is 0 Å². The monoisotopic (exact) mass is 401 g/mol. The SMILES string of the molecule is CC(C)OCCNC(=O)c1cc(F)cc(S(=O)(=O)Cl)c1Br. The van der Waals surface area contributed by atoms with E-state index in [4.69, 9.17) is 15.4 Å². The Morgan fingerprint density at radius 3 is 2.62 bits per heavy atom. The van der Waals surface area contributed by atoms with Gasteiger partial charge in [0.1, 0.15) is 10.7 Å². The second kappa shape index (κ2) is 7.53. The molecule has 5 nitrogen and oxygen atoms in total. The van der Waals surface area contributed by atoms with Gasteiger partial charge in [0.25, 0.3) is 15.0 Å². The molecule has 118 valence electrons. The molecular weight excluding hydrogens is 389 g/mol. The Bertz CT molecular complexity index is 636. The third-order valence-electron chi connectivity index (χ3n) is 2.35. The Kier molecular flexibility index (Phi) is 6.58. The number of benzene rings is 1.